The molecule has 0 saturated heterocycles. The zero-order valence-corrected chi connectivity index (χ0v) is 15.8. The molecule has 5 heteroatoms. The molecule has 0 unspecified atom stereocenters. The fourth-order valence-electron chi connectivity index (χ4n) is 2.52. The third-order valence-corrected chi connectivity index (χ3v) is 4.20. The molecule has 3 nitrogen and oxygen atoms in total. The Morgan fingerprint density at radius 1 is 1.07 bits per heavy atom. The standard InChI is InChI=1S/C22H19ClFNO2/c1-15-6-8-19(9-7-15)25-13-17-11-20(23)22(21(12-17)26-2)27-14-16-4-3-5-18(24)10-16/h3-13H,14H2,1-2H3. The molecule has 3 aromatic carbocycles. The van der Waals surface area contributed by atoms with Crippen molar-refractivity contribution < 1.29 is 13.9 Å². The summed E-state index contributed by atoms with van der Waals surface area (Å²) in [5.74, 6) is 0.594. The number of aryl methyl sites for hydroxylation is 1. The largest absolute Gasteiger partial charge is 0.493 e. The number of halogens is 2. The molecule has 0 amide bonds. The van der Waals surface area contributed by atoms with Crippen molar-refractivity contribution in [3.05, 3.63) is 88.2 Å². The van der Waals surface area contributed by atoms with Crippen LogP contribution >= 0.6 is 11.6 Å². The second-order valence-corrected chi connectivity index (χ2v) is 6.45. The molecule has 0 N–H and O–H groups in total. The molecule has 0 spiro atoms. The van der Waals surface area contributed by atoms with Crippen LogP contribution < -0.4 is 9.47 Å². The van der Waals surface area contributed by atoms with E-state index in [0.717, 1.165) is 11.3 Å². The summed E-state index contributed by atoms with van der Waals surface area (Å²) in [6.07, 6.45) is 1.72. The van der Waals surface area contributed by atoms with Crippen molar-refractivity contribution in [2.45, 2.75) is 13.5 Å². The van der Waals surface area contributed by atoms with Gasteiger partial charge in [-0.1, -0.05) is 41.4 Å². The van der Waals surface area contributed by atoms with Crippen molar-refractivity contribution >= 4 is 23.5 Å². The number of nitrogens with zero attached hydrogens (tertiary/aromatic N) is 1. The quantitative estimate of drug-likeness (QED) is 0.479. The summed E-state index contributed by atoms with van der Waals surface area (Å²) in [5.41, 5.74) is 3.52. The molecule has 0 aromatic heterocycles. The number of ether oxygens (including phenoxy) is 2. The molecule has 3 aromatic rings. The lowest BCUT2D eigenvalue weighted by Gasteiger charge is -2.13. The first-order chi connectivity index (χ1) is 13.0. The summed E-state index contributed by atoms with van der Waals surface area (Å²) in [6.45, 7) is 2.21. The van der Waals surface area contributed by atoms with Crippen molar-refractivity contribution in [1.82, 2.24) is 0 Å². The highest BCUT2D eigenvalue weighted by Gasteiger charge is 2.12. The molecule has 3 rings (SSSR count). The Morgan fingerprint density at radius 2 is 1.85 bits per heavy atom. The molecule has 0 fully saturated rings. The minimum atomic E-state index is -0.308. The molecule has 0 aliphatic heterocycles. The van der Waals surface area contributed by atoms with E-state index in [0.29, 0.717) is 22.1 Å². The third-order valence-electron chi connectivity index (χ3n) is 3.92. The van der Waals surface area contributed by atoms with Crippen molar-refractivity contribution in [2.24, 2.45) is 4.99 Å². The fourth-order valence-corrected chi connectivity index (χ4v) is 2.79. The van der Waals surface area contributed by atoms with E-state index in [-0.39, 0.29) is 12.4 Å². The van der Waals surface area contributed by atoms with Crippen molar-refractivity contribution in [2.75, 3.05) is 7.11 Å². The van der Waals surface area contributed by atoms with Gasteiger partial charge in [0.15, 0.2) is 11.5 Å². The number of benzene rings is 3. The van der Waals surface area contributed by atoms with E-state index in [9.17, 15) is 4.39 Å². The van der Waals surface area contributed by atoms with Gasteiger partial charge in [0.2, 0.25) is 0 Å². The molecule has 0 radical (unpaired) electrons. The Morgan fingerprint density at radius 3 is 2.56 bits per heavy atom. The van der Waals surface area contributed by atoms with Crippen LogP contribution in [-0.4, -0.2) is 13.3 Å². The lowest BCUT2D eigenvalue weighted by molar-refractivity contribution is 0.284. The third kappa shape index (κ3) is 5.08. The van der Waals surface area contributed by atoms with Crippen molar-refractivity contribution in [3.63, 3.8) is 0 Å². The van der Waals surface area contributed by atoms with Gasteiger partial charge in [0.1, 0.15) is 12.4 Å². The van der Waals surface area contributed by atoms with Gasteiger partial charge in [-0.3, -0.25) is 4.99 Å². The second kappa shape index (κ2) is 8.69. The molecule has 138 valence electrons. The highest BCUT2D eigenvalue weighted by Crippen LogP contribution is 2.36. The number of methoxy groups -OCH3 is 1. The van der Waals surface area contributed by atoms with Crippen LogP contribution in [0, 0.1) is 12.7 Å². The Hall–Kier alpha value is -2.85. The summed E-state index contributed by atoms with van der Waals surface area (Å²) in [6, 6.07) is 17.7. The average molecular weight is 384 g/mol. The molecular weight excluding hydrogens is 365 g/mol. The number of hydrogen-bond donors (Lipinski definition) is 0. The van der Waals surface area contributed by atoms with E-state index >= 15 is 0 Å². The Kier molecular flexibility index (Phi) is 6.09. The summed E-state index contributed by atoms with van der Waals surface area (Å²) < 4.78 is 24.5. The summed E-state index contributed by atoms with van der Waals surface area (Å²) >= 11 is 6.37. The topological polar surface area (TPSA) is 30.8 Å². The predicted molar refractivity (Wildman–Crippen MR) is 107 cm³/mol. The van der Waals surface area contributed by atoms with Gasteiger partial charge in [0, 0.05) is 6.21 Å². The zero-order valence-electron chi connectivity index (χ0n) is 15.1. The second-order valence-electron chi connectivity index (χ2n) is 6.05. The molecule has 0 atom stereocenters. The predicted octanol–water partition coefficient (Wildman–Crippen LogP) is 6.13. The van der Waals surface area contributed by atoms with E-state index in [2.05, 4.69) is 4.99 Å². The highest BCUT2D eigenvalue weighted by atomic mass is 35.5. The van der Waals surface area contributed by atoms with Gasteiger partial charge in [-0.25, -0.2) is 4.39 Å². The normalized spacial score (nSPS) is 11.0. The van der Waals surface area contributed by atoms with Crippen LogP contribution in [-0.2, 0) is 6.61 Å². The maximum atomic E-state index is 13.3. The monoisotopic (exact) mass is 383 g/mol. The Balaban J connectivity index is 1.79. The van der Waals surface area contributed by atoms with E-state index in [4.69, 9.17) is 21.1 Å². The highest BCUT2D eigenvalue weighted by molar-refractivity contribution is 6.32. The fraction of sp³-hybridized carbons (Fsp3) is 0.136. The molecular formula is C22H19ClFNO2. The van der Waals surface area contributed by atoms with Crippen molar-refractivity contribution in [3.8, 4) is 11.5 Å². The molecule has 0 heterocycles. The van der Waals surface area contributed by atoms with Crippen LogP contribution in [0.4, 0.5) is 10.1 Å². The minimum Gasteiger partial charge on any atom is -0.493 e. The van der Waals surface area contributed by atoms with Crippen LogP contribution in [0.5, 0.6) is 11.5 Å². The van der Waals surface area contributed by atoms with Crippen molar-refractivity contribution in [1.29, 1.82) is 0 Å². The Labute approximate surface area is 163 Å². The molecule has 0 aliphatic rings. The minimum absolute atomic E-state index is 0.185. The SMILES string of the molecule is COc1cc(C=Nc2ccc(C)cc2)cc(Cl)c1OCc1cccc(F)c1. The van der Waals surface area contributed by atoms with Crippen LogP contribution in [0.1, 0.15) is 16.7 Å². The van der Waals surface area contributed by atoms with Gasteiger partial charge < -0.3 is 9.47 Å². The van der Waals surface area contributed by atoms with Gasteiger partial charge in [-0.2, -0.15) is 0 Å². The first kappa shape index (κ1) is 18.9. The first-order valence-corrected chi connectivity index (χ1v) is 8.78. The number of aliphatic imine (C=N–C) groups is 1. The molecule has 0 saturated carbocycles. The van der Waals surface area contributed by atoms with E-state index in [1.807, 2.05) is 31.2 Å². The summed E-state index contributed by atoms with van der Waals surface area (Å²) in [7, 11) is 1.54. The number of hydrogen-bond acceptors (Lipinski definition) is 3. The molecule has 0 bridgehead atoms. The van der Waals surface area contributed by atoms with Crippen LogP contribution in [0.2, 0.25) is 5.02 Å². The molecule has 0 aliphatic carbocycles. The average Bonchev–Trinajstić information content (AvgIpc) is 2.66. The van der Waals surface area contributed by atoms with Crippen LogP contribution in [0.15, 0.2) is 65.7 Å². The van der Waals surface area contributed by atoms with Gasteiger partial charge in [-0.15, -0.1) is 0 Å². The van der Waals surface area contributed by atoms with Gasteiger partial charge >= 0.3 is 0 Å². The number of rotatable bonds is 6. The molecule has 27 heavy (non-hydrogen) atoms. The lowest BCUT2D eigenvalue weighted by Crippen LogP contribution is -2.00. The summed E-state index contributed by atoms with van der Waals surface area (Å²) in [5, 5.41) is 0.399. The first-order valence-electron chi connectivity index (χ1n) is 8.40. The van der Waals surface area contributed by atoms with Gasteiger partial charge in [0.05, 0.1) is 17.8 Å². The zero-order chi connectivity index (χ0) is 19.2. The maximum absolute atomic E-state index is 13.3. The lowest BCUT2D eigenvalue weighted by atomic mass is 10.2. The van der Waals surface area contributed by atoms with Crippen LogP contribution in [0.3, 0.4) is 0 Å². The van der Waals surface area contributed by atoms with E-state index in [1.165, 1.54) is 17.7 Å². The van der Waals surface area contributed by atoms with Gasteiger partial charge in [-0.05, 0) is 54.4 Å². The van der Waals surface area contributed by atoms with E-state index < -0.39 is 0 Å². The van der Waals surface area contributed by atoms with E-state index in [1.54, 1.807) is 37.6 Å². The smallest absolute Gasteiger partial charge is 0.180 e. The summed E-state index contributed by atoms with van der Waals surface area (Å²) in [4.78, 5) is 4.45. The maximum Gasteiger partial charge on any atom is 0.180 e. The Bertz CT molecular complexity index is 955. The van der Waals surface area contributed by atoms with Crippen LogP contribution in [0.25, 0.3) is 0 Å². The van der Waals surface area contributed by atoms with Gasteiger partial charge in [0.25, 0.3) is 0 Å².